The number of carbonyl (C=O) groups excluding carboxylic acids is 1. The molecule has 4 aromatic rings. The molecule has 0 atom stereocenters. The van der Waals surface area contributed by atoms with E-state index in [1.54, 1.807) is 30.4 Å². The molecule has 4 rings (SSSR count). The number of thiazole rings is 1. The summed E-state index contributed by atoms with van der Waals surface area (Å²) < 4.78 is 4.91. The molecule has 0 aliphatic rings. The first-order valence-electron chi connectivity index (χ1n) is 9.54. The Morgan fingerprint density at radius 1 is 1.03 bits per heavy atom. The number of nitrogens with zero attached hydrogens (tertiary/aromatic N) is 3. The Bertz CT molecular complexity index is 1150. The van der Waals surface area contributed by atoms with Crippen molar-refractivity contribution in [3.63, 3.8) is 0 Å². The minimum atomic E-state index is -0.478. The van der Waals surface area contributed by atoms with Gasteiger partial charge in [0.05, 0.1) is 12.3 Å². The Hall–Kier alpha value is -3.58. The molecule has 0 radical (unpaired) electrons. The van der Waals surface area contributed by atoms with Crippen LogP contribution >= 0.6 is 11.3 Å². The van der Waals surface area contributed by atoms with Gasteiger partial charge < -0.3 is 10.1 Å². The first-order valence-corrected chi connectivity index (χ1v) is 10.4. The van der Waals surface area contributed by atoms with E-state index in [0.717, 1.165) is 27.5 Å². The molecule has 0 amide bonds. The van der Waals surface area contributed by atoms with Gasteiger partial charge in [-0.05, 0) is 43.7 Å². The number of ether oxygens (including phenoxy) is 1. The number of carbonyl (C=O) groups is 1. The van der Waals surface area contributed by atoms with Crippen molar-refractivity contribution in [2.45, 2.75) is 13.8 Å². The molecular weight excluding hydrogens is 396 g/mol. The molecule has 150 valence electrons. The number of rotatable bonds is 6. The lowest BCUT2D eigenvalue weighted by Crippen LogP contribution is -2.08. The highest BCUT2D eigenvalue weighted by atomic mass is 32.1. The lowest BCUT2D eigenvalue weighted by atomic mass is 10.1. The minimum Gasteiger partial charge on any atom is -0.461 e. The number of benzene rings is 2. The first kappa shape index (κ1) is 19.7. The zero-order valence-corrected chi connectivity index (χ0v) is 17.4. The van der Waals surface area contributed by atoms with Gasteiger partial charge in [0.25, 0.3) is 0 Å². The van der Waals surface area contributed by atoms with Crippen LogP contribution in [0, 0.1) is 6.92 Å². The van der Waals surface area contributed by atoms with Crippen LogP contribution in [0.4, 0.5) is 11.5 Å². The van der Waals surface area contributed by atoms with E-state index in [4.69, 9.17) is 9.72 Å². The van der Waals surface area contributed by atoms with Crippen LogP contribution < -0.4 is 5.32 Å². The summed E-state index contributed by atoms with van der Waals surface area (Å²) in [5, 5.41) is 14.2. The van der Waals surface area contributed by atoms with Gasteiger partial charge in [-0.15, -0.1) is 21.5 Å². The van der Waals surface area contributed by atoms with E-state index in [0.29, 0.717) is 12.4 Å². The number of esters is 1. The van der Waals surface area contributed by atoms with Crippen LogP contribution in [-0.4, -0.2) is 27.8 Å². The maximum absolute atomic E-state index is 11.6. The van der Waals surface area contributed by atoms with Gasteiger partial charge in [-0.3, -0.25) is 0 Å². The van der Waals surface area contributed by atoms with E-state index < -0.39 is 5.97 Å². The van der Waals surface area contributed by atoms with Crippen molar-refractivity contribution in [2.75, 3.05) is 11.9 Å². The quantitative estimate of drug-likeness (QED) is 0.419. The van der Waals surface area contributed by atoms with E-state index in [9.17, 15) is 4.79 Å². The van der Waals surface area contributed by atoms with Crippen LogP contribution in [0.3, 0.4) is 0 Å². The first-order chi connectivity index (χ1) is 14.6. The molecule has 2 heterocycles. The van der Waals surface area contributed by atoms with Gasteiger partial charge in [0.15, 0.2) is 11.5 Å². The number of nitrogens with one attached hydrogen (secondary N) is 1. The van der Waals surface area contributed by atoms with Crippen molar-refractivity contribution < 1.29 is 9.53 Å². The van der Waals surface area contributed by atoms with Crippen LogP contribution in [0.2, 0.25) is 0 Å². The van der Waals surface area contributed by atoms with Gasteiger partial charge in [0.2, 0.25) is 0 Å². The predicted octanol–water partition coefficient (Wildman–Crippen LogP) is 5.50. The summed E-state index contributed by atoms with van der Waals surface area (Å²) in [5.74, 6) is 0.0699. The lowest BCUT2D eigenvalue weighted by molar-refractivity contribution is 0.0518. The highest BCUT2D eigenvalue weighted by Crippen LogP contribution is 2.31. The summed E-state index contributed by atoms with van der Waals surface area (Å²) in [7, 11) is 0. The second-order valence-electron chi connectivity index (χ2n) is 6.58. The van der Waals surface area contributed by atoms with Crippen molar-refractivity contribution in [2.24, 2.45) is 0 Å². The maximum atomic E-state index is 11.6. The average molecular weight is 417 g/mol. The standard InChI is InChI=1S/C23H20N4O2S/c1-3-29-23(28)19-12-13-21(27-26-19)24-17-10-8-16(9-11-17)20-14-30-22(25-20)18-7-5-4-6-15(18)2/h4-14H,3H2,1-2H3,(H,24,27). The van der Waals surface area contributed by atoms with E-state index in [-0.39, 0.29) is 5.69 Å². The van der Waals surface area contributed by atoms with Gasteiger partial charge in [0.1, 0.15) is 5.01 Å². The largest absolute Gasteiger partial charge is 0.461 e. The summed E-state index contributed by atoms with van der Waals surface area (Å²) in [6.07, 6.45) is 0. The summed E-state index contributed by atoms with van der Waals surface area (Å²) in [6.45, 7) is 4.15. The molecule has 0 spiro atoms. The fourth-order valence-corrected chi connectivity index (χ4v) is 3.85. The predicted molar refractivity (Wildman–Crippen MR) is 119 cm³/mol. The maximum Gasteiger partial charge on any atom is 0.358 e. The molecule has 0 fully saturated rings. The van der Waals surface area contributed by atoms with Crippen LogP contribution in [0.25, 0.3) is 21.8 Å². The highest BCUT2D eigenvalue weighted by Gasteiger charge is 2.10. The van der Waals surface area contributed by atoms with E-state index in [1.807, 2.05) is 36.4 Å². The zero-order valence-electron chi connectivity index (χ0n) is 16.6. The second kappa shape index (κ2) is 8.84. The Morgan fingerprint density at radius 2 is 1.83 bits per heavy atom. The molecule has 2 aromatic carbocycles. The Labute approximate surface area is 178 Å². The second-order valence-corrected chi connectivity index (χ2v) is 7.44. The molecule has 0 bridgehead atoms. The van der Waals surface area contributed by atoms with Gasteiger partial charge in [-0.2, -0.15) is 0 Å². The van der Waals surface area contributed by atoms with Crippen molar-refractivity contribution in [1.29, 1.82) is 0 Å². The molecule has 0 saturated carbocycles. The van der Waals surface area contributed by atoms with Crippen molar-refractivity contribution >= 4 is 28.8 Å². The molecule has 0 aliphatic heterocycles. The third-order valence-corrected chi connectivity index (χ3v) is 5.36. The van der Waals surface area contributed by atoms with E-state index in [1.165, 1.54) is 5.56 Å². The normalized spacial score (nSPS) is 10.6. The van der Waals surface area contributed by atoms with Crippen molar-refractivity contribution in [1.82, 2.24) is 15.2 Å². The number of anilines is 2. The highest BCUT2D eigenvalue weighted by molar-refractivity contribution is 7.13. The SMILES string of the molecule is CCOC(=O)c1ccc(Nc2ccc(-c3csc(-c4ccccc4C)n3)cc2)nn1. The number of aryl methyl sites for hydroxylation is 1. The molecule has 30 heavy (non-hydrogen) atoms. The Kier molecular flexibility index (Phi) is 5.81. The molecule has 0 aliphatic carbocycles. The van der Waals surface area contributed by atoms with Crippen LogP contribution in [-0.2, 0) is 4.74 Å². The summed E-state index contributed by atoms with van der Waals surface area (Å²) in [5.41, 5.74) is 5.42. The van der Waals surface area contributed by atoms with E-state index >= 15 is 0 Å². The van der Waals surface area contributed by atoms with Gasteiger partial charge in [-0.25, -0.2) is 9.78 Å². The fourth-order valence-electron chi connectivity index (χ4n) is 2.93. The minimum absolute atomic E-state index is 0.186. The van der Waals surface area contributed by atoms with Gasteiger partial charge in [-0.1, -0.05) is 36.4 Å². The monoisotopic (exact) mass is 416 g/mol. The summed E-state index contributed by atoms with van der Waals surface area (Å²) in [6, 6.07) is 19.5. The average Bonchev–Trinajstić information content (AvgIpc) is 3.25. The van der Waals surface area contributed by atoms with Crippen LogP contribution in [0.5, 0.6) is 0 Å². The molecule has 7 heteroatoms. The molecule has 0 unspecified atom stereocenters. The zero-order chi connectivity index (χ0) is 20.9. The molecular formula is C23H20N4O2S. The summed E-state index contributed by atoms with van der Waals surface area (Å²) in [4.78, 5) is 16.4. The van der Waals surface area contributed by atoms with Crippen molar-refractivity contribution in [3.8, 4) is 21.8 Å². The smallest absolute Gasteiger partial charge is 0.358 e. The van der Waals surface area contributed by atoms with Gasteiger partial charge in [0, 0.05) is 22.2 Å². The topological polar surface area (TPSA) is 77.0 Å². The molecule has 1 N–H and O–H groups in total. The van der Waals surface area contributed by atoms with Crippen LogP contribution in [0.15, 0.2) is 66.0 Å². The fraction of sp³-hybridized carbons (Fsp3) is 0.130. The third kappa shape index (κ3) is 4.36. The van der Waals surface area contributed by atoms with Crippen molar-refractivity contribution in [3.05, 3.63) is 77.3 Å². The van der Waals surface area contributed by atoms with E-state index in [2.05, 4.69) is 40.0 Å². The Balaban J connectivity index is 1.46. The third-order valence-electron chi connectivity index (χ3n) is 4.48. The summed E-state index contributed by atoms with van der Waals surface area (Å²) >= 11 is 1.64. The molecule has 0 saturated heterocycles. The lowest BCUT2D eigenvalue weighted by Gasteiger charge is -2.06. The number of hydrogen-bond donors (Lipinski definition) is 1. The van der Waals surface area contributed by atoms with Gasteiger partial charge >= 0.3 is 5.97 Å². The Morgan fingerprint density at radius 3 is 2.53 bits per heavy atom. The van der Waals surface area contributed by atoms with Crippen LogP contribution in [0.1, 0.15) is 23.0 Å². The molecule has 6 nitrogen and oxygen atoms in total. The number of hydrogen-bond acceptors (Lipinski definition) is 7. The molecule has 2 aromatic heterocycles. The number of aromatic nitrogens is 3.